The molecule has 1 aromatic heterocycles. The minimum Gasteiger partial charge on any atom is -0.497 e. The Bertz CT molecular complexity index is 1400. The molecule has 0 unspecified atom stereocenters. The number of hydrogen-bond donors (Lipinski definition) is 0. The van der Waals surface area contributed by atoms with Gasteiger partial charge in [-0.1, -0.05) is 78.9 Å². The van der Waals surface area contributed by atoms with Crippen molar-refractivity contribution < 1.29 is 4.74 Å². The van der Waals surface area contributed by atoms with Crippen molar-refractivity contribution in [2.24, 2.45) is 10.2 Å². The highest BCUT2D eigenvalue weighted by Gasteiger charge is 2.12. The molecule has 0 spiro atoms. The summed E-state index contributed by atoms with van der Waals surface area (Å²) in [6, 6.07) is 38.0. The molecule has 170 valence electrons. The molecule has 0 atom stereocenters. The van der Waals surface area contributed by atoms with E-state index in [1.54, 1.807) is 13.3 Å². The van der Waals surface area contributed by atoms with Crippen molar-refractivity contribution in [3.63, 3.8) is 0 Å². The Morgan fingerprint density at radius 2 is 1.31 bits per heavy atom. The van der Waals surface area contributed by atoms with Gasteiger partial charge in [0.05, 0.1) is 19.0 Å². The zero-order chi connectivity index (χ0) is 23.9. The molecule has 4 aromatic carbocycles. The molecule has 5 nitrogen and oxygen atoms in total. The van der Waals surface area contributed by atoms with Crippen LogP contribution in [0, 0.1) is 0 Å². The quantitative estimate of drug-likeness (QED) is 0.210. The summed E-state index contributed by atoms with van der Waals surface area (Å²) >= 11 is 0. The smallest absolute Gasteiger partial charge is 0.118 e. The minimum absolute atomic E-state index is 0.798. The number of benzene rings is 4. The van der Waals surface area contributed by atoms with Crippen LogP contribution in [-0.4, -0.2) is 28.8 Å². The fourth-order valence-corrected chi connectivity index (χ4v) is 3.79. The van der Waals surface area contributed by atoms with Crippen LogP contribution in [0.2, 0.25) is 0 Å². The van der Waals surface area contributed by atoms with Crippen molar-refractivity contribution in [1.29, 1.82) is 0 Å². The third-order valence-corrected chi connectivity index (χ3v) is 5.58. The van der Waals surface area contributed by atoms with E-state index in [0.29, 0.717) is 0 Å². The monoisotopic (exact) mass is 456 g/mol. The molecule has 1 heterocycles. The van der Waals surface area contributed by atoms with Crippen LogP contribution < -0.4 is 4.74 Å². The van der Waals surface area contributed by atoms with Crippen molar-refractivity contribution in [3.8, 4) is 22.7 Å². The topological polar surface area (TPSA) is 51.8 Å². The molecule has 0 saturated heterocycles. The van der Waals surface area contributed by atoms with Gasteiger partial charge in [-0.3, -0.25) is 0 Å². The van der Waals surface area contributed by atoms with Gasteiger partial charge in [0.1, 0.15) is 17.2 Å². The van der Waals surface area contributed by atoms with E-state index in [2.05, 4.69) is 10.2 Å². The molecule has 0 fully saturated rings. The first kappa shape index (κ1) is 22.0. The van der Waals surface area contributed by atoms with Crippen molar-refractivity contribution >= 4 is 11.9 Å². The maximum atomic E-state index is 5.32. The highest BCUT2D eigenvalue weighted by Crippen LogP contribution is 2.25. The van der Waals surface area contributed by atoms with Gasteiger partial charge in [0.15, 0.2) is 0 Å². The Balaban J connectivity index is 1.56. The molecule has 5 rings (SSSR count). The predicted octanol–water partition coefficient (Wildman–Crippen LogP) is 6.42. The largest absolute Gasteiger partial charge is 0.497 e. The van der Waals surface area contributed by atoms with E-state index in [9.17, 15) is 0 Å². The third-order valence-electron chi connectivity index (χ3n) is 5.58. The Hall–Kier alpha value is -4.77. The molecule has 0 saturated carbocycles. The van der Waals surface area contributed by atoms with Crippen LogP contribution >= 0.6 is 0 Å². The highest BCUT2D eigenvalue weighted by atomic mass is 16.5. The molecule has 0 amide bonds. The van der Waals surface area contributed by atoms with Gasteiger partial charge in [0, 0.05) is 28.5 Å². The fourth-order valence-electron chi connectivity index (χ4n) is 3.79. The lowest BCUT2D eigenvalue weighted by Crippen LogP contribution is -2.02. The van der Waals surface area contributed by atoms with Crippen LogP contribution in [-0.2, 0) is 0 Å². The first-order valence-electron chi connectivity index (χ1n) is 11.3. The van der Waals surface area contributed by atoms with Gasteiger partial charge in [-0.05, 0) is 36.4 Å². The number of ether oxygens (including phenoxy) is 1. The van der Waals surface area contributed by atoms with E-state index in [4.69, 9.17) is 9.84 Å². The SMILES string of the molecule is COc1ccc(-c2nn(-c3ccccc3)cc2/C=N/N=C(c2ccccc2)c2ccccc2)cc1. The number of methoxy groups -OCH3 is 1. The van der Waals surface area contributed by atoms with Crippen molar-refractivity contribution in [2.45, 2.75) is 0 Å². The Morgan fingerprint density at radius 3 is 1.89 bits per heavy atom. The van der Waals surface area contributed by atoms with Gasteiger partial charge in [-0.25, -0.2) is 4.68 Å². The lowest BCUT2D eigenvalue weighted by molar-refractivity contribution is 0.415. The van der Waals surface area contributed by atoms with E-state index >= 15 is 0 Å². The zero-order valence-electron chi connectivity index (χ0n) is 19.3. The molecule has 0 aliphatic heterocycles. The fraction of sp³-hybridized carbons (Fsp3) is 0.0333. The molecule has 5 heteroatoms. The van der Waals surface area contributed by atoms with Crippen LogP contribution in [0.4, 0.5) is 0 Å². The molecule has 0 radical (unpaired) electrons. The molecule has 0 aliphatic carbocycles. The standard InChI is InChI=1S/C30H24N4O/c1-35-28-19-17-25(18-20-28)30-26(22-34(33-30)27-15-9-4-10-16-27)21-31-32-29(23-11-5-2-6-12-23)24-13-7-3-8-14-24/h2-22H,1H3/b31-21+. The molecular formula is C30H24N4O. The van der Waals surface area contributed by atoms with Gasteiger partial charge < -0.3 is 4.74 Å². The number of hydrogen-bond acceptors (Lipinski definition) is 4. The van der Waals surface area contributed by atoms with Crippen LogP contribution in [0.15, 0.2) is 132 Å². The Morgan fingerprint density at radius 1 is 0.743 bits per heavy atom. The van der Waals surface area contributed by atoms with E-state index in [1.807, 2.05) is 126 Å². The molecular weight excluding hydrogens is 432 g/mol. The second-order valence-electron chi connectivity index (χ2n) is 7.87. The molecule has 5 aromatic rings. The summed E-state index contributed by atoms with van der Waals surface area (Å²) in [5.74, 6) is 0.798. The summed E-state index contributed by atoms with van der Waals surface area (Å²) in [4.78, 5) is 0. The first-order chi connectivity index (χ1) is 17.3. The van der Waals surface area contributed by atoms with Crippen LogP contribution in [0.1, 0.15) is 16.7 Å². The molecule has 35 heavy (non-hydrogen) atoms. The van der Waals surface area contributed by atoms with E-state index in [-0.39, 0.29) is 0 Å². The van der Waals surface area contributed by atoms with Crippen molar-refractivity contribution in [1.82, 2.24) is 9.78 Å². The Kier molecular flexibility index (Phi) is 6.58. The van der Waals surface area contributed by atoms with Gasteiger partial charge in [-0.15, -0.1) is 5.10 Å². The highest BCUT2D eigenvalue weighted by molar-refractivity contribution is 6.13. The minimum atomic E-state index is 0.798. The molecule has 0 bridgehead atoms. The number of para-hydroxylation sites is 1. The van der Waals surface area contributed by atoms with Crippen LogP contribution in [0.25, 0.3) is 16.9 Å². The second kappa shape index (κ2) is 10.4. The van der Waals surface area contributed by atoms with Crippen molar-refractivity contribution in [3.05, 3.63) is 138 Å². The summed E-state index contributed by atoms with van der Waals surface area (Å²) in [7, 11) is 1.66. The zero-order valence-corrected chi connectivity index (χ0v) is 19.3. The van der Waals surface area contributed by atoms with E-state index in [1.165, 1.54) is 0 Å². The number of nitrogens with zero attached hydrogens (tertiary/aromatic N) is 4. The summed E-state index contributed by atoms with van der Waals surface area (Å²) in [5.41, 5.74) is 6.44. The van der Waals surface area contributed by atoms with Crippen LogP contribution in [0.3, 0.4) is 0 Å². The predicted molar refractivity (Wildman–Crippen MR) is 142 cm³/mol. The maximum absolute atomic E-state index is 5.32. The number of rotatable bonds is 7. The molecule has 0 aliphatic rings. The average molecular weight is 457 g/mol. The van der Waals surface area contributed by atoms with E-state index < -0.39 is 0 Å². The summed E-state index contributed by atoms with van der Waals surface area (Å²) < 4.78 is 7.18. The third kappa shape index (κ3) is 5.09. The van der Waals surface area contributed by atoms with Gasteiger partial charge in [0.2, 0.25) is 0 Å². The van der Waals surface area contributed by atoms with Crippen LogP contribution in [0.5, 0.6) is 5.75 Å². The second-order valence-corrected chi connectivity index (χ2v) is 7.87. The van der Waals surface area contributed by atoms with Gasteiger partial charge in [0.25, 0.3) is 0 Å². The van der Waals surface area contributed by atoms with Gasteiger partial charge in [-0.2, -0.15) is 10.2 Å². The lowest BCUT2D eigenvalue weighted by atomic mass is 10.0. The first-order valence-corrected chi connectivity index (χ1v) is 11.3. The van der Waals surface area contributed by atoms with Gasteiger partial charge >= 0.3 is 0 Å². The number of aromatic nitrogens is 2. The summed E-state index contributed by atoms with van der Waals surface area (Å²) in [6.07, 6.45) is 3.73. The maximum Gasteiger partial charge on any atom is 0.118 e. The summed E-state index contributed by atoms with van der Waals surface area (Å²) in [6.45, 7) is 0. The molecule has 0 N–H and O–H groups in total. The van der Waals surface area contributed by atoms with E-state index in [0.717, 1.165) is 45.1 Å². The lowest BCUT2D eigenvalue weighted by Gasteiger charge is -2.05. The van der Waals surface area contributed by atoms with Crippen molar-refractivity contribution in [2.75, 3.05) is 7.11 Å². The Labute approximate surface area is 204 Å². The summed E-state index contributed by atoms with van der Waals surface area (Å²) in [5, 5.41) is 14.0. The normalized spacial score (nSPS) is 10.9. The average Bonchev–Trinajstić information content (AvgIpc) is 3.37.